The molecule has 3 heteroatoms. The number of hydrogen-bond acceptors (Lipinski definition) is 3. The van der Waals surface area contributed by atoms with Gasteiger partial charge in [0.2, 0.25) is 0 Å². The first kappa shape index (κ1) is 21.8. The van der Waals surface area contributed by atoms with Crippen molar-refractivity contribution >= 4 is 5.84 Å². The van der Waals surface area contributed by atoms with Gasteiger partial charge in [0.1, 0.15) is 11.6 Å². The van der Waals surface area contributed by atoms with Gasteiger partial charge in [-0.25, -0.2) is 0 Å². The Hall–Kier alpha value is -1.51. The molecule has 0 radical (unpaired) electrons. The minimum absolute atomic E-state index is 0.0508. The van der Waals surface area contributed by atoms with Crippen molar-refractivity contribution in [2.45, 2.75) is 97.8 Å². The van der Waals surface area contributed by atoms with Gasteiger partial charge in [-0.2, -0.15) is 0 Å². The van der Waals surface area contributed by atoms with Crippen LogP contribution in [0.4, 0.5) is 0 Å². The molecule has 0 amide bonds. The summed E-state index contributed by atoms with van der Waals surface area (Å²) >= 11 is 0. The number of phenols is 1. The predicted octanol–water partition coefficient (Wildman–Crippen LogP) is 5.70. The molecule has 0 aromatic heterocycles. The number of nitrogens with zero attached hydrogens (tertiary/aromatic N) is 1. The zero-order valence-electron chi connectivity index (χ0n) is 18.2. The predicted molar refractivity (Wildman–Crippen MR) is 117 cm³/mol. The lowest BCUT2D eigenvalue weighted by atomic mass is 9.80. The van der Waals surface area contributed by atoms with Crippen LogP contribution in [-0.2, 0) is 24.7 Å². The van der Waals surface area contributed by atoms with Crippen LogP contribution in [0.2, 0.25) is 0 Å². The fourth-order valence-corrected chi connectivity index (χ4v) is 3.96. The molecule has 1 aliphatic rings. The summed E-state index contributed by atoms with van der Waals surface area (Å²) in [5, 5.41) is 14.6. The number of phenolic OH excluding ortho intramolecular Hbond substituents is 1. The highest BCUT2D eigenvalue weighted by Crippen LogP contribution is 2.38. The van der Waals surface area contributed by atoms with Crippen LogP contribution < -0.4 is 5.32 Å². The molecular formula is C24H40N2O. The van der Waals surface area contributed by atoms with Crippen molar-refractivity contribution in [2.75, 3.05) is 13.1 Å². The molecule has 0 unspecified atom stereocenters. The molecule has 0 atom stereocenters. The van der Waals surface area contributed by atoms with Crippen molar-refractivity contribution in [3.63, 3.8) is 0 Å². The van der Waals surface area contributed by atoms with Gasteiger partial charge < -0.3 is 10.4 Å². The molecule has 1 heterocycles. The van der Waals surface area contributed by atoms with Gasteiger partial charge in [0.25, 0.3) is 0 Å². The van der Waals surface area contributed by atoms with Gasteiger partial charge in [-0.3, -0.25) is 4.99 Å². The first-order valence-electron chi connectivity index (χ1n) is 11.0. The van der Waals surface area contributed by atoms with Crippen LogP contribution in [0.5, 0.6) is 5.75 Å². The van der Waals surface area contributed by atoms with Crippen LogP contribution in [0.3, 0.4) is 0 Å². The SMILES string of the molecule is CCCCCc1cc(C(C)(C)C)c(O)c(CCCCC)c1CC1=NCCN1. The Morgan fingerprint density at radius 3 is 2.22 bits per heavy atom. The second kappa shape index (κ2) is 10.1. The molecule has 3 nitrogen and oxygen atoms in total. The van der Waals surface area contributed by atoms with Crippen LogP contribution in [0.15, 0.2) is 11.1 Å². The minimum Gasteiger partial charge on any atom is -0.507 e. The second-order valence-corrected chi connectivity index (χ2v) is 8.99. The molecule has 1 aliphatic heterocycles. The van der Waals surface area contributed by atoms with Crippen molar-refractivity contribution in [3.05, 3.63) is 28.3 Å². The molecular weight excluding hydrogens is 332 g/mol. The van der Waals surface area contributed by atoms with Crippen LogP contribution in [0, 0.1) is 0 Å². The monoisotopic (exact) mass is 372 g/mol. The Bertz CT molecular complexity index is 641. The lowest BCUT2D eigenvalue weighted by Crippen LogP contribution is -2.23. The highest BCUT2D eigenvalue weighted by molar-refractivity contribution is 5.86. The van der Waals surface area contributed by atoms with Crippen LogP contribution >= 0.6 is 0 Å². The fraction of sp³-hybridized carbons (Fsp3) is 0.708. The molecule has 0 spiro atoms. The Kier molecular flexibility index (Phi) is 8.19. The minimum atomic E-state index is -0.0508. The van der Waals surface area contributed by atoms with E-state index >= 15 is 0 Å². The quantitative estimate of drug-likeness (QED) is 0.517. The number of unbranched alkanes of at least 4 members (excludes halogenated alkanes) is 4. The van der Waals surface area contributed by atoms with Crippen LogP contribution in [-0.4, -0.2) is 24.0 Å². The molecule has 1 aromatic rings. The standard InChI is InChI=1S/C24H40N2O/c1-6-8-10-12-18-16-21(24(3,4)5)23(27)19(13-11-9-7-2)20(18)17-22-25-14-15-26-22/h16,27H,6-15,17H2,1-5H3,(H,25,26). The summed E-state index contributed by atoms with van der Waals surface area (Å²) in [5.41, 5.74) is 4.99. The van der Waals surface area contributed by atoms with Crippen molar-refractivity contribution in [1.82, 2.24) is 5.32 Å². The Balaban J connectivity index is 2.49. The highest BCUT2D eigenvalue weighted by Gasteiger charge is 2.25. The average molecular weight is 373 g/mol. The van der Waals surface area contributed by atoms with E-state index in [0.717, 1.165) is 50.2 Å². The topological polar surface area (TPSA) is 44.6 Å². The Morgan fingerprint density at radius 2 is 1.67 bits per heavy atom. The summed E-state index contributed by atoms with van der Waals surface area (Å²) in [6, 6.07) is 2.29. The third-order valence-electron chi connectivity index (χ3n) is 5.59. The number of aryl methyl sites for hydroxylation is 1. The lowest BCUT2D eigenvalue weighted by Gasteiger charge is -2.26. The van der Waals surface area contributed by atoms with E-state index in [4.69, 9.17) is 0 Å². The first-order valence-corrected chi connectivity index (χ1v) is 11.0. The fourth-order valence-electron chi connectivity index (χ4n) is 3.96. The maximum atomic E-state index is 11.2. The first-order chi connectivity index (χ1) is 12.9. The maximum absolute atomic E-state index is 11.2. The van der Waals surface area contributed by atoms with Crippen molar-refractivity contribution < 1.29 is 5.11 Å². The molecule has 0 saturated carbocycles. The normalized spacial score (nSPS) is 14.3. The smallest absolute Gasteiger partial charge is 0.122 e. The van der Waals surface area contributed by atoms with Gasteiger partial charge >= 0.3 is 0 Å². The Labute approximate surface area is 166 Å². The molecule has 0 fully saturated rings. The van der Waals surface area contributed by atoms with Crippen LogP contribution in [0.1, 0.15) is 95.4 Å². The van der Waals surface area contributed by atoms with E-state index < -0.39 is 0 Å². The van der Waals surface area contributed by atoms with Crippen molar-refractivity contribution in [1.29, 1.82) is 0 Å². The third-order valence-corrected chi connectivity index (χ3v) is 5.59. The molecule has 2 rings (SSSR count). The number of nitrogens with one attached hydrogen (secondary N) is 1. The van der Waals surface area contributed by atoms with E-state index in [2.05, 4.69) is 51.0 Å². The van der Waals surface area contributed by atoms with E-state index in [1.165, 1.54) is 48.8 Å². The van der Waals surface area contributed by atoms with E-state index in [1.54, 1.807) is 0 Å². The summed E-state index contributed by atoms with van der Waals surface area (Å²) in [6.45, 7) is 12.9. The highest BCUT2D eigenvalue weighted by atomic mass is 16.3. The zero-order chi connectivity index (χ0) is 19.9. The van der Waals surface area contributed by atoms with Crippen LogP contribution in [0.25, 0.3) is 0 Å². The number of amidine groups is 1. The number of benzene rings is 1. The van der Waals surface area contributed by atoms with E-state index in [9.17, 15) is 5.11 Å². The number of aromatic hydroxyl groups is 1. The Morgan fingerprint density at radius 1 is 1.00 bits per heavy atom. The molecule has 1 aromatic carbocycles. The molecule has 152 valence electrons. The maximum Gasteiger partial charge on any atom is 0.122 e. The summed E-state index contributed by atoms with van der Waals surface area (Å²) < 4.78 is 0. The summed E-state index contributed by atoms with van der Waals surface area (Å²) in [7, 11) is 0. The summed E-state index contributed by atoms with van der Waals surface area (Å²) in [6.07, 6.45) is 10.2. The van der Waals surface area contributed by atoms with Crippen molar-refractivity contribution in [2.24, 2.45) is 4.99 Å². The molecule has 0 aliphatic carbocycles. The van der Waals surface area contributed by atoms with Gasteiger partial charge in [0, 0.05) is 13.0 Å². The number of hydrogen-bond donors (Lipinski definition) is 2. The van der Waals surface area contributed by atoms with E-state index in [-0.39, 0.29) is 5.41 Å². The molecule has 0 bridgehead atoms. The van der Waals surface area contributed by atoms with Gasteiger partial charge in [-0.05, 0) is 53.4 Å². The zero-order valence-corrected chi connectivity index (χ0v) is 18.2. The summed E-state index contributed by atoms with van der Waals surface area (Å²) in [4.78, 5) is 4.63. The lowest BCUT2D eigenvalue weighted by molar-refractivity contribution is 0.437. The third kappa shape index (κ3) is 5.99. The van der Waals surface area contributed by atoms with Gasteiger partial charge in [-0.15, -0.1) is 0 Å². The summed E-state index contributed by atoms with van der Waals surface area (Å²) in [5.74, 6) is 1.62. The second-order valence-electron chi connectivity index (χ2n) is 8.99. The van der Waals surface area contributed by atoms with E-state index in [0.29, 0.717) is 5.75 Å². The average Bonchev–Trinajstić information content (AvgIpc) is 3.11. The van der Waals surface area contributed by atoms with Gasteiger partial charge in [0.15, 0.2) is 0 Å². The van der Waals surface area contributed by atoms with E-state index in [1.807, 2.05) is 0 Å². The molecule has 2 N–H and O–H groups in total. The van der Waals surface area contributed by atoms with Crippen molar-refractivity contribution in [3.8, 4) is 5.75 Å². The number of aliphatic imine (C=N–C) groups is 1. The van der Waals surface area contributed by atoms with Gasteiger partial charge in [0.05, 0.1) is 6.54 Å². The van der Waals surface area contributed by atoms with Gasteiger partial charge in [-0.1, -0.05) is 66.4 Å². The molecule has 0 saturated heterocycles. The molecule has 27 heavy (non-hydrogen) atoms. The largest absolute Gasteiger partial charge is 0.507 e. The number of rotatable bonds is 10.